The normalized spacial score (nSPS) is 21.1. The van der Waals surface area contributed by atoms with Gasteiger partial charge in [-0.05, 0) is 24.5 Å². The van der Waals surface area contributed by atoms with Gasteiger partial charge >= 0.3 is 6.18 Å². The molecule has 0 spiro atoms. The van der Waals surface area contributed by atoms with Crippen LogP contribution in [0.25, 0.3) is 0 Å². The highest BCUT2D eigenvalue weighted by molar-refractivity contribution is 5.94. The first-order valence-corrected chi connectivity index (χ1v) is 8.94. The Bertz CT molecular complexity index is 961. The summed E-state index contributed by atoms with van der Waals surface area (Å²) in [6.45, 7) is -0.115. The number of alkyl halides is 3. The van der Waals surface area contributed by atoms with Gasteiger partial charge in [-0.15, -0.1) is 0 Å². The molecule has 1 N–H and O–H groups in total. The molecule has 2 atom stereocenters. The van der Waals surface area contributed by atoms with Crippen LogP contribution in [0, 0.1) is 17.2 Å². The number of nitrogens with zero attached hydrogens (tertiary/aromatic N) is 3. The van der Waals surface area contributed by atoms with Gasteiger partial charge in [0.15, 0.2) is 11.4 Å². The van der Waals surface area contributed by atoms with Crippen LogP contribution in [0.4, 0.5) is 13.2 Å². The second kappa shape index (κ2) is 6.86. The Morgan fingerprint density at radius 1 is 1.36 bits per heavy atom. The average molecular weight is 390 g/mol. The van der Waals surface area contributed by atoms with Crippen molar-refractivity contribution in [3.05, 3.63) is 47.0 Å². The van der Waals surface area contributed by atoms with Gasteiger partial charge in [-0.3, -0.25) is 4.79 Å². The smallest absolute Gasteiger partial charge is 0.393 e. The molecule has 3 heterocycles. The molecule has 2 aliphatic rings. The largest absolute Gasteiger partial charge is 0.491 e. The number of amides is 1. The summed E-state index contributed by atoms with van der Waals surface area (Å²) in [5, 5.41) is 12.2. The molecule has 9 heteroatoms. The quantitative estimate of drug-likeness (QED) is 0.855. The second-order valence-electron chi connectivity index (χ2n) is 7.02. The summed E-state index contributed by atoms with van der Waals surface area (Å²) in [4.78, 5) is 16.9. The second-order valence-corrected chi connectivity index (χ2v) is 7.02. The maximum atomic E-state index is 13.1. The van der Waals surface area contributed by atoms with E-state index in [4.69, 9.17) is 4.74 Å². The Morgan fingerprint density at radius 2 is 2.14 bits per heavy atom. The highest BCUT2D eigenvalue weighted by atomic mass is 19.4. The number of fused-ring (bicyclic) bond motifs is 2. The Kier molecular flexibility index (Phi) is 4.49. The van der Waals surface area contributed by atoms with E-state index in [2.05, 4.69) is 10.3 Å². The predicted molar refractivity (Wildman–Crippen MR) is 91.7 cm³/mol. The van der Waals surface area contributed by atoms with E-state index >= 15 is 0 Å². The number of hydrogen-bond donors (Lipinski definition) is 1. The lowest BCUT2D eigenvalue weighted by molar-refractivity contribution is -0.182. The molecule has 0 saturated heterocycles. The molecule has 4 rings (SSSR count). The van der Waals surface area contributed by atoms with Crippen LogP contribution < -0.4 is 10.1 Å². The van der Waals surface area contributed by atoms with Crippen LogP contribution in [0.15, 0.2) is 24.3 Å². The van der Waals surface area contributed by atoms with Gasteiger partial charge in [-0.2, -0.15) is 18.4 Å². The lowest BCUT2D eigenvalue weighted by atomic mass is 9.99. The Hall–Kier alpha value is -3.02. The molecule has 146 valence electrons. The van der Waals surface area contributed by atoms with Gasteiger partial charge in [-0.1, -0.05) is 18.2 Å². The number of rotatable bonds is 2. The van der Waals surface area contributed by atoms with E-state index in [1.165, 1.54) is 4.57 Å². The molecule has 2 aromatic rings. The van der Waals surface area contributed by atoms with E-state index in [9.17, 15) is 23.2 Å². The molecule has 0 radical (unpaired) electrons. The topological polar surface area (TPSA) is 79.9 Å². The van der Waals surface area contributed by atoms with Crippen LogP contribution in [-0.2, 0) is 19.4 Å². The lowest BCUT2D eigenvalue weighted by Crippen LogP contribution is -2.43. The van der Waals surface area contributed by atoms with E-state index in [1.807, 2.05) is 30.3 Å². The minimum Gasteiger partial charge on any atom is -0.491 e. The first-order valence-electron chi connectivity index (χ1n) is 8.94. The number of nitrogens with one attached hydrogen (secondary N) is 1. The number of hydrogen-bond acceptors (Lipinski definition) is 4. The molecular formula is C19H17F3N4O2. The monoisotopic (exact) mass is 390 g/mol. The molecule has 1 aromatic heterocycles. The average Bonchev–Trinajstić information content (AvgIpc) is 3.05. The third-order valence-corrected chi connectivity index (χ3v) is 5.16. The van der Waals surface area contributed by atoms with E-state index in [1.54, 1.807) is 0 Å². The summed E-state index contributed by atoms with van der Waals surface area (Å²) < 4.78 is 46.0. The number of carbonyl (C=O) groups is 1. The number of benzene rings is 1. The highest BCUT2D eigenvalue weighted by Gasteiger charge is 2.43. The van der Waals surface area contributed by atoms with Crippen molar-refractivity contribution in [1.29, 1.82) is 5.26 Å². The van der Waals surface area contributed by atoms with Gasteiger partial charge in [-0.25, -0.2) is 4.98 Å². The van der Waals surface area contributed by atoms with Crippen molar-refractivity contribution < 1.29 is 22.7 Å². The van der Waals surface area contributed by atoms with Crippen LogP contribution in [-0.4, -0.2) is 34.3 Å². The fourth-order valence-electron chi connectivity index (χ4n) is 3.72. The van der Waals surface area contributed by atoms with Gasteiger partial charge in [0, 0.05) is 13.0 Å². The van der Waals surface area contributed by atoms with Gasteiger partial charge in [0.1, 0.15) is 24.3 Å². The van der Waals surface area contributed by atoms with E-state index in [-0.39, 0.29) is 43.4 Å². The standard InChI is InChI=1S/C19H17F3N4O2/c20-19(21,22)12-5-6-16-25-17(14(8-23)26(16)9-12)18(27)24-13-7-11-3-1-2-4-15(11)28-10-13/h1-4,12-13H,5-7,9-10H2,(H,24,27)/t12?,13-/m1/s1. The summed E-state index contributed by atoms with van der Waals surface area (Å²) in [5.41, 5.74) is 0.703. The molecule has 0 aliphatic carbocycles. The SMILES string of the molecule is N#Cc1c(C(=O)N[C@H]2COc3ccccc3C2)nc2n1CC(C(F)(F)F)CC2. The first kappa shape index (κ1) is 18.3. The van der Waals surface area contributed by atoms with Gasteiger partial charge < -0.3 is 14.6 Å². The number of carbonyl (C=O) groups excluding carboxylic acids is 1. The number of imidazole rings is 1. The fraction of sp³-hybridized carbons (Fsp3) is 0.421. The lowest BCUT2D eigenvalue weighted by Gasteiger charge is -2.26. The number of nitriles is 1. The number of halogens is 3. The van der Waals surface area contributed by atoms with Crippen molar-refractivity contribution >= 4 is 5.91 Å². The van der Waals surface area contributed by atoms with Crippen LogP contribution in [0.1, 0.15) is 34.0 Å². The van der Waals surface area contributed by atoms with Crippen molar-refractivity contribution in [3.63, 3.8) is 0 Å². The summed E-state index contributed by atoms with van der Waals surface area (Å²) in [6.07, 6.45) is -3.80. The molecule has 2 aliphatic heterocycles. The van der Waals surface area contributed by atoms with Gasteiger partial charge in [0.05, 0.1) is 12.0 Å². The number of aromatic nitrogens is 2. The molecule has 28 heavy (non-hydrogen) atoms. The van der Waals surface area contributed by atoms with Crippen LogP contribution in [0.3, 0.4) is 0 Å². The zero-order valence-electron chi connectivity index (χ0n) is 14.8. The molecule has 0 fully saturated rings. The zero-order valence-corrected chi connectivity index (χ0v) is 14.8. The van der Waals surface area contributed by atoms with Crippen molar-refractivity contribution in [2.24, 2.45) is 5.92 Å². The first-order chi connectivity index (χ1) is 13.4. The summed E-state index contributed by atoms with van der Waals surface area (Å²) in [6, 6.07) is 9.03. The summed E-state index contributed by atoms with van der Waals surface area (Å²) in [7, 11) is 0. The Labute approximate surface area is 158 Å². The molecular weight excluding hydrogens is 373 g/mol. The molecule has 1 aromatic carbocycles. The van der Waals surface area contributed by atoms with Gasteiger partial charge in [0.25, 0.3) is 5.91 Å². The zero-order chi connectivity index (χ0) is 19.9. The number of para-hydroxylation sites is 1. The van der Waals surface area contributed by atoms with Crippen LogP contribution >= 0.6 is 0 Å². The molecule has 6 nitrogen and oxygen atoms in total. The van der Waals surface area contributed by atoms with Crippen LogP contribution in [0.2, 0.25) is 0 Å². The highest BCUT2D eigenvalue weighted by Crippen LogP contribution is 2.35. The molecule has 1 amide bonds. The van der Waals surface area contributed by atoms with Crippen molar-refractivity contribution in [1.82, 2.24) is 14.9 Å². The summed E-state index contributed by atoms with van der Waals surface area (Å²) >= 11 is 0. The minimum atomic E-state index is -4.34. The van der Waals surface area contributed by atoms with E-state index < -0.39 is 18.0 Å². The fourth-order valence-corrected chi connectivity index (χ4v) is 3.72. The number of aryl methyl sites for hydroxylation is 1. The third kappa shape index (κ3) is 3.30. The predicted octanol–water partition coefficient (Wildman–Crippen LogP) is 2.61. The maximum absolute atomic E-state index is 13.1. The Morgan fingerprint density at radius 3 is 2.89 bits per heavy atom. The number of ether oxygens (including phenoxy) is 1. The molecule has 0 saturated carbocycles. The van der Waals surface area contributed by atoms with E-state index in [0.29, 0.717) is 12.2 Å². The molecule has 0 bridgehead atoms. The minimum absolute atomic E-state index is 0.0754. The third-order valence-electron chi connectivity index (χ3n) is 5.16. The van der Waals surface area contributed by atoms with Crippen molar-refractivity contribution in [2.75, 3.05) is 6.61 Å². The maximum Gasteiger partial charge on any atom is 0.393 e. The van der Waals surface area contributed by atoms with Crippen molar-refractivity contribution in [3.8, 4) is 11.8 Å². The van der Waals surface area contributed by atoms with E-state index in [0.717, 1.165) is 11.3 Å². The summed E-state index contributed by atoms with van der Waals surface area (Å²) in [5.74, 6) is -1.01. The Balaban J connectivity index is 1.53. The van der Waals surface area contributed by atoms with Gasteiger partial charge in [0.2, 0.25) is 0 Å². The van der Waals surface area contributed by atoms with Crippen molar-refractivity contribution in [2.45, 2.75) is 38.0 Å². The molecule has 1 unspecified atom stereocenters. The van der Waals surface area contributed by atoms with Crippen LogP contribution in [0.5, 0.6) is 5.75 Å².